The molecule has 0 bridgehead atoms. The first kappa shape index (κ1) is 15.2. The summed E-state index contributed by atoms with van der Waals surface area (Å²) in [5.74, 6) is 1.02. The molecule has 2 aliphatic rings. The lowest BCUT2D eigenvalue weighted by Crippen LogP contribution is -2.41. The van der Waals surface area contributed by atoms with Crippen molar-refractivity contribution in [1.29, 1.82) is 0 Å². The fourth-order valence-electron chi connectivity index (χ4n) is 3.54. The van der Waals surface area contributed by atoms with Gasteiger partial charge in [0.1, 0.15) is 11.9 Å². The third kappa shape index (κ3) is 4.15. The van der Waals surface area contributed by atoms with Crippen LogP contribution in [0.1, 0.15) is 64.2 Å². The number of benzene rings is 1. The van der Waals surface area contributed by atoms with Crippen LogP contribution >= 0.6 is 15.9 Å². The molecule has 116 valence electrons. The zero-order chi connectivity index (χ0) is 14.5. The fourth-order valence-corrected chi connectivity index (χ4v) is 3.91. The van der Waals surface area contributed by atoms with Crippen molar-refractivity contribution in [1.82, 2.24) is 0 Å². The van der Waals surface area contributed by atoms with Crippen LogP contribution in [0.4, 0.5) is 5.69 Å². The highest BCUT2D eigenvalue weighted by atomic mass is 79.9. The number of fused-ring (bicyclic) bond motifs is 2. The Morgan fingerprint density at radius 2 is 1.57 bits per heavy atom. The third-order valence-corrected chi connectivity index (χ3v) is 5.26. The Hall–Kier alpha value is -0.700. The number of nitrogens with one attached hydrogen (secondary N) is 1. The zero-order valence-electron chi connectivity index (χ0n) is 12.7. The number of halogens is 1. The van der Waals surface area contributed by atoms with Crippen molar-refractivity contribution in [2.24, 2.45) is 0 Å². The predicted octanol–water partition coefficient (Wildman–Crippen LogP) is 5.91. The van der Waals surface area contributed by atoms with E-state index in [0.717, 1.165) is 15.9 Å². The minimum absolute atomic E-state index is 0.345. The molecule has 1 aromatic carbocycles. The van der Waals surface area contributed by atoms with E-state index >= 15 is 0 Å². The summed E-state index contributed by atoms with van der Waals surface area (Å²) >= 11 is 3.55. The van der Waals surface area contributed by atoms with E-state index in [-0.39, 0.29) is 0 Å². The second-order valence-electron chi connectivity index (χ2n) is 6.45. The van der Waals surface area contributed by atoms with E-state index in [0.29, 0.717) is 12.1 Å². The Kier molecular flexibility index (Phi) is 5.45. The van der Waals surface area contributed by atoms with Crippen molar-refractivity contribution in [2.75, 3.05) is 5.32 Å². The van der Waals surface area contributed by atoms with Crippen molar-refractivity contribution >= 4 is 21.6 Å². The number of hydrogen-bond acceptors (Lipinski definition) is 2. The van der Waals surface area contributed by atoms with Gasteiger partial charge >= 0.3 is 0 Å². The Labute approximate surface area is 136 Å². The maximum Gasteiger partial charge on any atom is 0.143 e. The molecule has 1 aliphatic heterocycles. The normalized spacial score (nSPS) is 27.1. The van der Waals surface area contributed by atoms with Gasteiger partial charge in [-0.3, -0.25) is 0 Å². The standard InChI is InChI=1S/C18H26BrNO/c19-14-11-12-18-16(13-14)20-15-9-7-5-3-1-2-4-6-8-10-17(15)21-18/h11-13,15,17,20H,1-10H2. The van der Waals surface area contributed by atoms with Crippen molar-refractivity contribution in [3.8, 4) is 5.75 Å². The Morgan fingerprint density at radius 3 is 2.33 bits per heavy atom. The van der Waals surface area contributed by atoms with Gasteiger partial charge < -0.3 is 10.1 Å². The first-order chi connectivity index (χ1) is 10.3. The predicted molar refractivity (Wildman–Crippen MR) is 92.1 cm³/mol. The van der Waals surface area contributed by atoms with E-state index in [1.807, 2.05) is 0 Å². The van der Waals surface area contributed by atoms with Gasteiger partial charge in [0.05, 0.1) is 11.7 Å². The van der Waals surface area contributed by atoms with Crippen LogP contribution in [-0.2, 0) is 0 Å². The third-order valence-electron chi connectivity index (χ3n) is 4.76. The molecule has 2 unspecified atom stereocenters. The number of ether oxygens (including phenoxy) is 1. The van der Waals surface area contributed by atoms with E-state index in [9.17, 15) is 0 Å². The molecule has 1 N–H and O–H groups in total. The summed E-state index contributed by atoms with van der Waals surface area (Å²) in [4.78, 5) is 0. The molecule has 0 aromatic heterocycles. The lowest BCUT2D eigenvalue weighted by molar-refractivity contribution is 0.148. The van der Waals surface area contributed by atoms with Crippen LogP contribution in [0.15, 0.2) is 22.7 Å². The summed E-state index contributed by atoms with van der Waals surface area (Å²) < 4.78 is 7.43. The van der Waals surface area contributed by atoms with Gasteiger partial charge in [0.15, 0.2) is 0 Å². The van der Waals surface area contributed by atoms with Crippen LogP contribution in [0.2, 0.25) is 0 Å². The van der Waals surface area contributed by atoms with E-state index in [1.54, 1.807) is 0 Å². The van der Waals surface area contributed by atoms with Crippen LogP contribution in [0.5, 0.6) is 5.75 Å². The molecule has 0 radical (unpaired) electrons. The summed E-state index contributed by atoms with van der Waals surface area (Å²) in [5.41, 5.74) is 1.15. The first-order valence-corrected chi connectivity index (χ1v) is 9.35. The minimum atomic E-state index is 0.345. The first-order valence-electron chi connectivity index (χ1n) is 8.56. The van der Waals surface area contributed by atoms with Gasteiger partial charge in [0.25, 0.3) is 0 Å². The second-order valence-corrected chi connectivity index (χ2v) is 7.37. The van der Waals surface area contributed by atoms with Gasteiger partial charge in [-0.2, -0.15) is 0 Å². The molecule has 1 fully saturated rings. The van der Waals surface area contributed by atoms with Crippen molar-refractivity contribution in [3.05, 3.63) is 22.7 Å². The van der Waals surface area contributed by atoms with Gasteiger partial charge in [-0.1, -0.05) is 60.9 Å². The van der Waals surface area contributed by atoms with Crippen LogP contribution in [0.25, 0.3) is 0 Å². The Bertz CT molecular complexity index is 463. The smallest absolute Gasteiger partial charge is 0.143 e. The Morgan fingerprint density at radius 1 is 0.905 bits per heavy atom. The fraction of sp³-hybridized carbons (Fsp3) is 0.667. The number of rotatable bonds is 0. The zero-order valence-corrected chi connectivity index (χ0v) is 14.3. The largest absolute Gasteiger partial charge is 0.486 e. The number of hydrogen-bond donors (Lipinski definition) is 1. The summed E-state index contributed by atoms with van der Waals surface area (Å²) in [6.07, 6.45) is 13.8. The minimum Gasteiger partial charge on any atom is -0.486 e. The van der Waals surface area contributed by atoms with Gasteiger partial charge in [0.2, 0.25) is 0 Å². The SMILES string of the molecule is Brc1ccc2c(c1)NC1CCCCCCCCCCC1O2. The highest BCUT2D eigenvalue weighted by Gasteiger charge is 2.28. The highest BCUT2D eigenvalue weighted by molar-refractivity contribution is 9.10. The van der Waals surface area contributed by atoms with Gasteiger partial charge in [-0.05, 0) is 37.5 Å². The molecule has 3 heteroatoms. The lowest BCUT2D eigenvalue weighted by atomic mass is 9.94. The molecular weight excluding hydrogens is 326 g/mol. The van der Waals surface area contributed by atoms with Crippen molar-refractivity contribution in [3.63, 3.8) is 0 Å². The van der Waals surface area contributed by atoms with E-state index in [2.05, 4.69) is 39.4 Å². The molecule has 3 rings (SSSR count). The van der Waals surface area contributed by atoms with Gasteiger partial charge in [-0.15, -0.1) is 0 Å². The number of anilines is 1. The van der Waals surface area contributed by atoms with Crippen molar-refractivity contribution < 1.29 is 4.74 Å². The highest BCUT2D eigenvalue weighted by Crippen LogP contribution is 2.36. The summed E-state index contributed by atoms with van der Waals surface area (Å²) in [7, 11) is 0. The van der Waals surface area contributed by atoms with E-state index in [4.69, 9.17) is 4.74 Å². The van der Waals surface area contributed by atoms with E-state index < -0.39 is 0 Å². The summed E-state index contributed by atoms with van der Waals surface area (Å²) in [5, 5.41) is 3.74. The molecule has 1 aliphatic carbocycles. The molecule has 0 spiro atoms. The summed E-state index contributed by atoms with van der Waals surface area (Å²) in [6.45, 7) is 0. The van der Waals surface area contributed by atoms with Gasteiger partial charge in [0, 0.05) is 4.47 Å². The lowest BCUT2D eigenvalue weighted by Gasteiger charge is -2.35. The molecular formula is C18H26BrNO. The average molecular weight is 352 g/mol. The summed E-state index contributed by atoms with van der Waals surface area (Å²) in [6, 6.07) is 6.77. The monoisotopic (exact) mass is 351 g/mol. The Balaban J connectivity index is 1.70. The molecule has 1 saturated carbocycles. The maximum absolute atomic E-state index is 6.31. The van der Waals surface area contributed by atoms with Gasteiger partial charge in [-0.25, -0.2) is 0 Å². The topological polar surface area (TPSA) is 21.3 Å². The van der Waals surface area contributed by atoms with Crippen LogP contribution in [0.3, 0.4) is 0 Å². The van der Waals surface area contributed by atoms with Crippen LogP contribution in [0, 0.1) is 0 Å². The quantitative estimate of drug-likeness (QED) is 0.627. The molecule has 2 atom stereocenters. The molecule has 1 heterocycles. The maximum atomic E-state index is 6.31. The van der Waals surface area contributed by atoms with Crippen LogP contribution in [-0.4, -0.2) is 12.1 Å². The average Bonchev–Trinajstić information content (AvgIpc) is 2.47. The molecule has 0 amide bonds. The van der Waals surface area contributed by atoms with E-state index in [1.165, 1.54) is 64.2 Å². The second kappa shape index (κ2) is 7.53. The molecule has 2 nitrogen and oxygen atoms in total. The molecule has 0 saturated heterocycles. The van der Waals surface area contributed by atoms with Crippen LogP contribution < -0.4 is 10.1 Å². The van der Waals surface area contributed by atoms with Crippen molar-refractivity contribution in [2.45, 2.75) is 76.4 Å². The molecule has 21 heavy (non-hydrogen) atoms. The molecule has 1 aromatic rings.